The van der Waals surface area contributed by atoms with Crippen molar-refractivity contribution in [3.63, 3.8) is 0 Å². The van der Waals surface area contributed by atoms with Crippen LogP contribution in [-0.2, 0) is 21.6 Å². The zero-order chi connectivity index (χ0) is 21.4. The number of esters is 1. The number of benzene rings is 2. The van der Waals surface area contributed by atoms with Crippen molar-refractivity contribution in [2.45, 2.75) is 57.5 Å². The lowest BCUT2D eigenvalue weighted by Gasteiger charge is -2.45. The summed E-state index contributed by atoms with van der Waals surface area (Å²) in [7, 11) is 0. The minimum Gasteiger partial charge on any atom is -0.450 e. The van der Waals surface area contributed by atoms with E-state index in [9.17, 15) is 9.59 Å². The van der Waals surface area contributed by atoms with Crippen LogP contribution in [0.15, 0.2) is 48.5 Å². The third kappa shape index (κ3) is 3.56. The van der Waals surface area contributed by atoms with Gasteiger partial charge in [-0.2, -0.15) is 0 Å². The number of fused-ring (bicyclic) bond motifs is 1. The maximum atomic E-state index is 12.9. The molecule has 0 N–H and O–H groups in total. The zero-order valence-corrected chi connectivity index (χ0v) is 18.3. The van der Waals surface area contributed by atoms with Crippen molar-refractivity contribution in [1.82, 2.24) is 4.90 Å². The fourth-order valence-corrected chi connectivity index (χ4v) is 6.11. The summed E-state index contributed by atoms with van der Waals surface area (Å²) in [6.07, 6.45) is 6.88. The monoisotopic (exact) mass is 417 g/mol. The lowest BCUT2D eigenvalue weighted by molar-refractivity contribution is -0.136. The highest BCUT2D eigenvalue weighted by molar-refractivity contribution is 5.95. The van der Waals surface area contributed by atoms with Crippen LogP contribution in [0.25, 0.3) is 0 Å². The Morgan fingerprint density at radius 1 is 0.968 bits per heavy atom. The minimum atomic E-state index is -0.504. The number of carbonyl (C=O) groups is 2. The highest BCUT2D eigenvalue weighted by Crippen LogP contribution is 2.55. The van der Waals surface area contributed by atoms with Gasteiger partial charge in [0.2, 0.25) is 5.91 Å². The van der Waals surface area contributed by atoms with E-state index in [1.807, 2.05) is 35.2 Å². The molecule has 2 aliphatic heterocycles. The van der Waals surface area contributed by atoms with Crippen molar-refractivity contribution in [2.24, 2.45) is 11.8 Å². The van der Waals surface area contributed by atoms with E-state index < -0.39 is 5.60 Å². The average Bonchev–Trinajstić information content (AvgIpc) is 3.43. The van der Waals surface area contributed by atoms with Gasteiger partial charge in [-0.25, -0.2) is 4.79 Å². The number of rotatable bonds is 4. The number of nitrogens with zero attached hydrogens (tertiary/aromatic N) is 1. The Morgan fingerprint density at radius 3 is 2.32 bits per heavy atom. The van der Waals surface area contributed by atoms with Gasteiger partial charge in [-0.15, -0.1) is 0 Å². The number of cyclic esters (lactones) is 1. The average molecular weight is 418 g/mol. The van der Waals surface area contributed by atoms with Crippen molar-refractivity contribution in [2.75, 3.05) is 13.1 Å². The lowest BCUT2D eigenvalue weighted by Crippen LogP contribution is -2.48. The molecular formula is C27H31NO3. The molecule has 1 saturated carbocycles. The minimum absolute atomic E-state index is 0.166. The second-order valence-electron chi connectivity index (χ2n) is 9.53. The van der Waals surface area contributed by atoms with Gasteiger partial charge in [-0.3, -0.25) is 4.79 Å². The van der Waals surface area contributed by atoms with Gasteiger partial charge in [0.15, 0.2) is 0 Å². The number of hydrogen-bond donors (Lipinski definition) is 0. The van der Waals surface area contributed by atoms with Gasteiger partial charge in [-0.05, 0) is 44.2 Å². The standard InChI is InChI=1S/C27H31NO3/c1-19-10-12-20(13-11-19)18-25(29)28-16-14-22(15-17-28)27(21-6-2-3-7-21)24-9-5-4-8-23(24)26(30)31-27/h4-5,8-13,21-22H,2-3,6-7,14-18H2,1H3. The number of piperidine rings is 1. The van der Waals surface area contributed by atoms with Gasteiger partial charge < -0.3 is 9.64 Å². The Labute approximate surface area is 184 Å². The summed E-state index contributed by atoms with van der Waals surface area (Å²) in [6.45, 7) is 3.54. The summed E-state index contributed by atoms with van der Waals surface area (Å²) >= 11 is 0. The maximum Gasteiger partial charge on any atom is 0.339 e. The van der Waals surface area contributed by atoms with E-state index in [2.05, 4.69) is 25.1 Å². The Bertz CT molecular complexity index is 968. The van der Waals surface area contributed by atoms with Crippen molar-refractivity contribution < 1.29 is 14.3 Å². The van der Waals surface area contributed by atoms with Crippen LogP contribution in [0, 0.1) is 18.8 Å². The van der Waals surface area contributed by atoms with Crippen LogP contribution in [0.2, 0.25) is 0 Å². The molecule has 0 spiro atoms. The van der Waals surface area contributed by atoms with E-state index >= 15 is 0 Å². The van der Waals surface area contributed by atoms with Crippen molar-refractivity contribution in [3.05, 3.63) is 70.8 Å². The molecule has 3 aliphatic rings. The van der Waals surface area contributed by atoms with Gasteiger partial charge >= 0.3 is 5.97 Å². The second-order valence-corrected chi connectivity index (χ2v) is 9.53. The first kappa shape index (κ1) is 20.3. The van der Waals surface area contributed by atoms with Crippen LogP contribution < -0.4 is 0 Å². The molecule has 1 aliphatic carbocycles. The molecule has 4 heteroatoms. The van der Waals surface area contributed by atoms with Gasteiger partial charge in [0.05, 0.1) is 12.0 Å². The Hall–Kier alpha value is -2.62. The van der Waals surface area contributed by atoms with E-state index in [4.69, 9.17) is 4.74 Å². The van der Waals surface area contributed by atoms with Crippen LogP contribution in [0.3, 0.4) is 0 Å². The van der Waals surface area contributed by atoms with Crippen LogP contribution in [0.4, 0.5) is 0 Å². The van der Waals surface area contributed by atoms with Gasteiger partial charge in [0.25, 0.3) is 0 Å². The molecule has 2 aromatic carbocycles. The van der Waals surface area contributed by atoms with E-state index in [0.29, 0.717) is 12.3 Å². The predicted molar refractivity (Wildman–Crippen MR) is 120 cm³/mol. The highest BCUT2D eigenvalue weighted by Gasteiger charge is 2.56. The number of likely N-dealkylation sites (tertiary alicyclic amines) is 1. The summed E-state index contributed by atoms with van der Waals surface area (Å²) in [5.41, 5.74) is 3.61. The van der Waals surface area contributed by atoms with E-state index in [1.54, 1.807) is 0 Å². The van der Waals surface area contributed by atoms with Gasteiger partial charge in [-0.1, -0.05) is 60.9 Å². The molecule has 1 atom stereocenters. The first-order chi connectivity index (χ1) is 15.1. The topological polar surface area (TPSA) is 46.6 Å². The number of aryl methyl sites for hydroxylation is 1. The number of hydrogen-bond acceptors (Lipinski definition) is 3. The lowest BCUT2D eigenvalue weighted by atomic mass is 9.68. The van der Waals surface area contributed by atoms with Crippen LogP contribution in [0.5, 0.6) is 0 Å². The maximum absolute atomic E-state index is 12.9. The van der Waals surface area contributed by atoms with E-state index in [1.165, 1.54) is 18.4 Å². The summed E-state index contributed by atoms with van der Waals surface area (Å²) in [6, 6.07) is 16.2. The Kier molecular flexibility index (Phi) is 5.33. The fraction of sp³-hybridized carbons (Fsp3) is 0.481. The highest BCUT2D eigenvalue weighted by atomic mass is 16.6. The molecule has 1 saturated heterocycles. The molecule has 1 unspecified atom stereocenters. The molecule has 2 heterocycles. The van der Waals surface area contributed by atoms with Crippen molar-refractivity contribution in [3.8, 4) is 0 Å². The van der Waals surface area contributed by atoms with E-state index in [0.717, 1.165) is 55.5 Å². The molecule has 162 valence electrons. The Balaban J connectivity index is 1.34. The van der Waals surface area contributed by atoms with Gasteiger partial charge in [0.1, 0.15) is 5.60 Å². The fourth-order valence-electron chi connectivity index (χ4n) is 6.11. The molecule has 0 aromatic heterocycles. The summed E-state index contributed by atoms with van der Waals surface area (Å²) in [5.74, 6) is 0.688. The number of amides is 1. The Morgan fingerprint density at radius 2 is 1.61 bits per heavy atom. The summed E-state index contributed by atoms with van der Waals surface area (Å²) < 4.78 is 6.30. The molecular weight excluding hydrogens is 386 g/mol. The second kappa shape index (κ2) is 8.14. The predicted octanol–water partition coefficient (Wildman–Crippen LogP) is 5.03. The van der Waals surface area contributed by atoms with Gasteiger partial charge in [0, 0.05) is 30.5 Å². The SMILES string of the molecule is Cc1ccc(CC(=O)N2CCC(C3(C4CCCC4)OC(=O)c4ccccc43)CC2)cc1. The van der Waals surface area contributed by atoms with E-state index in [-0.39, 0.29) is 17.8 Å². The molecule has 0 radical (unpaired) electrons. The first-order valence-electron chi connectivity index (χ1n) is 11.7. The summed E-state index contributed by atoms with van der Waals surface area (Å²) in [5, 5.41) is 0. The quantitative estimate of drug-likeness (QED) is 0.656. The van der Waals surface area contributed by atoms with Crippen LogP contribution >= 0.6 is 0 Å². The van der Waals surface area contributed by atoms with Crippen LogP contribution in [0.1, 0.15) is 65.6 Å². The third-order valence-corrected chi connectivity index (χ3v) is 7.72. The number of ether oxygens (including phenoxy) is 1. The molecule has 5 rings (SSSR count). The molecule has 0 bridgehead atoms. The zero-order valence-electron chi connectivity index (χ0n) is 18.3. The smallest absolute Gasteiger partial charge is 0.339 e. The molecule has 4 nitrogen and oxygen atoms in total. The normalized spacial score (nSPS) is 24.3. The van der Waals surface area contributed by atoms with Crippen molar-refractivity contribution in [1.29, 1.82) is 0 Å². The summed E-state index contributed by atoms with van der Waals surface area (Å²) in [4.78, 5) is 27.7. The molecule has 2 aromatic rings. The van der Waals surface area contributed by atoms with Crippen LogP contribution in [-0.4, -0.2) is 29.9 Å². The third-order valence-electron chi connectivity index (χ3n) is 7.72. The molecule has 31 heavy (non-hydrogen) atoms. The first-order valence-corrected chi connectivity index (χ1v) is 11.7. The molecule has 1 amide bonds. The number of carbonyl (C=O) groups excluding carboxylic acids is 2. The molecule has 2 fully saturated rings. The largest absolute Gasteiger partial charge is 0.450 e. The van der Waals surface area contributed by atoms with Crippen molar-refractivity contribution >= 4 is 11.9 Å².